The van der Waals surface area contributed by atoms with Crippen LogP contribution in [0.2, 0.25) is 0 Å². The first-order chi connectivity index (χ1) is 10.0. The van der Waals surface area contributed by atoms with Crippen molar-refractivity contribution in [2.75, 3.05) is 7.11 Å². The summed E-state index contributed by atoms with van der Waals surface area (Å²) in [5.41, 5.74) is 3.77. The summed E-state index contributed by atoms with van der Waals surface area (Å²) in [4.78, 5) is 16.6. The molecule has 2 aromatic rings. The normalized spacial score (nSPS) is 10.8. The molecule has 1 aromatic heterocycles. The first kappa shape index (κ1) is 15.0. The van der Waals surface area contributed by atoms with Crippen LogP contribution < -0.4 is 10.2 Å². The molecule has 0 aliphatic heterocycles. The highest BCUT2D eigenvalue weighted by Gasteiger charge is 2.12. The van der Waals surface area contributed by atoms with Gasteiger partial charge >= 0.3 is 0 Å². The number of phenols is 1. The molecule has 0 fully saturated rings. The van der Waals surface area contributed by atoms with E-state index in [1.165, 1.54) is 30.7 Å². The maximum atomic E-state index is 11.9. The van der Waals surface area contributed by atoms with Crippen LogP contribution in [-0.4, -0.2) is 29.3 Å². The van der Waals surface area contributed by atoms with Crippen LogP contribution in [0.15, 0.2) is 23.3 Å². The van der Waals surface area contributed by atoms with Crippen LogP contribution in [0.4, 0.5) is 0 Å². The summed E-state index contributed by atoms with van der Waals surface area (Å²) in [6, 6.07) is 4.84. The van der Waals surface area contributed by atoms with Crippen LogP contribution in [0.25, 0.3) is 0 Å². The number of nitrogens with one attached hydrogen (secondary N) is 1. The molecule has 0 bridgehead atoms. The summed E-state index contributed by atoms with van der Waals surface area (Å²) in [7, 11) is 1.47. The molecule has 0 saturated carbocycles. The summed E-state index contributed by atoms with van der Waals surface area (Å²) in [5, 5.41) is 14.3. The van der Waals surface area contributed by atoms with Gasteiger partial charge in [-0.1, -0.05) is 0 Å². The Kier molecular flexibility index (Phi) is 4.54. The number of hydrogen-bond donors (Lipinski definition) is 2. The number of nitrogens with zero attached hydrogens (tertiary/aromatic N) is 2. The monoisotopic (exact) mass is 305 g/mol. The molecule has 2 N–H and O–H groups in total. The molecule has 0 saturated heterocycles. The van der Waals surface area contributed by atoms with E-state index in [1.807, 2.05) is 6.92 Å². The van der Waals surface area contributed by atoms with Gasteiger partial charge in [0.15, 0.2) is 11.5 Å². The molecular formula is C14H15N3O3S. The number of thiazole rings is 1. The number of hydrogen-bond acceptors (Lipinski definition) is 6. The van der Waals surface area contributed by atoms with Gasteiger partial charge in [-0.3, -0.25) is 4.79 Å². The van der Waals surface area contributed by atoms with E-state index >= 15 is 0 Å². The van der Waals surface area contributed by atoms with Crippen molar-refractivity contribution in [2.24, 2.45) is 5.10 Å². The number of phenolic OH excluding ortho intramolecular Hbond substituents is 1. The number of aryl methyl sites for hydroxylation is 2. The van der Waals surface area contributed by atoms with Gasteiger partial charge in [0.05, 0.1) is 24.0 Å². The highest BCUT2D eigenvalue weighted by molar-refractivity contribution is 7.13. The highest BCUT2D eigenvalue weighted by atomic mass is 32.1. The van der Waals surface area contributed by atoms with Crippen molar-refractivity contribution in [1.29, 1.82) is 0 Å². The van der Waals surface area contributed by atoms with E-state index in [9.17, 15) is 9.90 Å². The molecule has 1 amide bonds. The number of hydrazone groups is 1. The number of rotatable bonds is 4. The molecule has 0 aliphatic carbocycles. The molecule has 0 radical (unpaired) electrons. The maximum Gasteiger partial charge on any atom is 0.283 e. The van der Waals surface area contributed by atoms with Crippen molar-refractivity contribution in [1.82, 2.24) is 10.4 Å². The van der Waals surface area contributed by atoms with Crippen LogP contribution in [0.3, 0.4) is 0 Å². The third-order valence-electron chi connectivity index (χ3n) is 2.69. The summed E-state index contributed by atoms with van der Waals surface area (Å²) < 4.78 is 4.95. The van der Waals surface area contributed by atoms with Gasteiger partial charge in [0.1, 0.15) is 4.88 Å². The quantitative estimate of drug-likeness (QED) is 0.670. The van der Waals surface area contributed by atoms with Crippen LogP contribution in [0.5, 0.6) is 11.5 Å². The van der Waals surface area contributed by atoms with Gasteiger partial charge in [0.25, 0.3) is 5.91 Å². The Bertz CT molecular complexity index is 695. The zero-order chi connectivity index (χ0) is 15.4. The second-order valence-electron chi connectivity index (χ2n) is 4.28. The molecule has 21 heavy (non-hydrogen) atoms. The third kappa shape index (κ3) is 3.57. The number of amides is 1. The molecule has 0 spiro atoms. The lowest BCUT2D eigenvalue weighted by Gasteiger charge is -2.03. The topological polar surface area (TPSA) is 83.8 Å². The minimum Gasteiger partial charge on any atom is -0.504 e. The lowest BCUT2D eigenvalue weighted by molar-refractivity contribution is 0.0958. The van der Waals surface area contributed by atoms with Crippen LogP contribution in [0, 0.1) is 13.8 Å². The van der Waals surface area contributed by atoms with E-state index in [0.717, 1.165) is 5.01 Å². The predicted molar refractivity (Wildman–Crippen MR) is 81.3 cm³/mol. The van der Waals surface area contributed by atoms with E-state index in [4.69, 9.17) is 4.74 Å². The molecule has 2 rings (SSSR count). The van der Waals surface area contributed by atoms with E-state index in [-0.39, 0.29) is 11.7 Å². The SMILES string of the molecule is COc1ccc(/C=N/NC(=O)c2sc(C)nc2C)cc1O. The Labute approximate surface area is 126 Å². The second-order valence-corrected chi connectivity index (χ2v) is 5.48. The summed E-state index contributed by atoms with van der Waals surface area (Å²) in [6.07, 6.45) is 1.44. The maximum absolute atomic E-state index is 11.9. The largest absolute Gasteiger partial charge is 0.504 e. The van der Waals surface area contributed by atoms with E-state index in [2.05, 4.69) is 15.5 Å². The van der Waals surface area contributed by atoms with Gasteiger partial charge in [-0.05, 0) is 37.6 Å². The number of benzene rings is 1. The molecule has 0 atom stereocenters. The van der Waals surface area contributed by atoms with Gasteiger partial charge in [0, 0.05) is 0 Å². The van der Waals surface area contributed by atoms with Gasteiger partial charge in [-0.15, -0.1) is 11.3 Å². The number of aromatic hydroxyl groups is 1. The van der Waals surface area contributed by atoms with Crippen molar-refractivity contribution in [3.8, 4) is 11.5 Å². The molecular weight excluding hydrogens is 290 g/mol. The lowest BCUT2D eigenvalue weighted by atomic mass is 10.2. The molecule has 1 heterocycles. The minimum atomic E-state index is -0.299. The molecule has 110 valence electrons. The van der Waals surface area contributed by atoms with E-state index in [0.29, 0.717) is 21.9 Å². The fourth-order valence-electron chi connectivity index (χ4n) is 1.75. The van der Waals surface area contributed by atoms with Gasteiger partial charge in [-0.25, -0.2) is 10.4 Å². The first-order valence-electron chi connectivity index (χ1n) is 6.15. The number of aromatic nitrogens is 1. The number of methoxy groups -OCH3 is 1. The van der Waals surface area contributed by atoms with Crippen molar-refractivity contribution < 1.29 is 14.6 Å². The standard InChI is InChI=1S/C14H15N3O3S/c1-8-13(21-9(2)16-8)14(19)17-15-7-10-4-5-12(20-3)11(18)6-10/h4-7,18H,1-3H3,(H,17,19)/b15-7+. The number of ether oxygens (including phenoxy) is 1. The summed E-state index contributed by atoms with van der Waals surface area (Å²) >= 11 is 1.32. The Morgan fingerprint density at radius 1 is 1.48 bits per heavy atom. The molecule has 0 aliphatic rings. The average Bonchev–Trinajstić information content (AvgIpc) is 2.78. The van der Waals surface area contributed by atoms with Crippen LogP contribution in [-0.2, 0) is 0 Å². The Hall–Kier alpha value is -2.41. The highest BCUT2D eigenvalue weighted by Crippen LogP contribution is 2.25. The zero-order valence-corrected chi connectivity index (χ0v) is 12.7. The van der Waals surface area contributed by atoms with Gasteiger partial charge in [0.2, 0.25) is 0 Å². The smallest absolute Gasteiger partial charge is 0.283 e. The van der Waals surface area contributed by atoms with E-state index < -0.39 is 0 Å². The third-order valence-corrected chi connectivity index (χ3v) is 3.76. The Morgan fingerprint density at radius 2 is 2.24 bits per heavy atom. The summed E-state index contributed by atoms with van der Waals surface area (Å²) in [5.74, 6) is 0.0979. The van der Waals surface area contributed by atoms with Crippen molar-refractivity contribution >= 4 is 23.5 Å². The van der Waals surface area contributed by atoms with Crippen LogP contribution >= 0.6 is 11.3 Å². The van der Waals surface area contributed by atoms with Crippen molar-refractivity contribution in [3.63, 3.8) is 0 Å². The fourth-order valence-corrected chi connectivity index (χ4v) is 2.56. The molecule has 6 nitrogen and oxygen atoms in total. The van der Waals surface area contributed by atoms with Crippen molar-refractivity contribution in [3.05, 3.63) is 39.3 Å². The molecule has 1 aromatic carbocycles. The number of carbonyl (C=O) groups excluding carboxylic acids is 1. The van der Waals surface area contributed by atoms with Crippen LogP contribution in [0.1, 0.15) is 25.9 Å². The molecule has 0 unspecified atom stereocenters. The van der Waals surface area contributed by atoms with Gasteiger partial charge < -0.3 is 9.84 Å². The predicted octanol–water partition coefficient (Wildman–Crippen LogP) is 2.24. The number of carbonyl (C=O) groups is 1. The van der Waals surface area contributed by atoms with E-state index in [1.54, 1.807) is 19.1 Å². The minimum absolute atomic E-state index is 0.0155. The lowest BCUT2D eigenvalue weighted by Crippen LogP contribution is -2.17. The second kappa shape index (κ2) is 6.36. The average molecular weight is 305 g/mol. The first-order valence-corrected chi connectivity index (χ1v) is 6.97. The Morgan fingerprint density at radius 3 is 2.81 bits per heavy atom. The Balaban J connectivity index is 2.04. The van der Waals surface area contributed by atoms with Gasteiger partial charge in [-0.2, -0.15) is 5.10 Å². The zero-order valence-electron chi connectivity index (χ0n) is 11.9. The molecule has 7 heteroatoms. The van der Waals surface area contributed by atoms with Crippen molar-refractivity contribution in [2.45, 2.75) is 13.8 Å². The summed E-state index contributed by atoms with van der Waals surface area (Å²) in [6.45, 7) is 3.63. The fraction of sp³-hybridized carbons (Fsp3) is 0.214.